The van der Waals surface area contributed by atoms with E-state index < -0.39 is 5.97 Å². The van der Waals surface area contributed by atoms with Crippen molar-refractivity contribution in [3.8, 4) is 5.75 Å². The van der Waals surface area contributed by atoms with Crippen LogP contribution in [0.3, 0.4) is 0 Å². The van der Waals surface area contributed by atoms with Gasteiger partial charge in [-0.2, -0.15) is 5.10 Å². The summed E-state index contributed by atoms with van der Waals surface area (Å²) in [6.45, 7) is 0. The molecule has 0 heterocycles. The smallest absolute Gasteiger partial charge is 0.336 e. The van der Waals surface area contributed by atoms with Crippen LogP contribution < -0.4 is 10.2 Å². The quantitative estimate of drug-likeness (QED) is 0.193. The van der Waals surface area contributed by atoms with E-state index in [1.54, 1.807) is 54.6 Å². The van der Waals surface area contributed by atoms with Gasteiger partial charge >= 0.3 is 5.97 Å². The van der Waals surface area contributed by atoms with Crippen molar-refractivity contribution in [2.45, 2.75) is 0 Å². The van der Waals surface area contributed by atoms with Crippen molar-refractivity contribution < 1.29 is 14.3 Å². The van der Waals surface area contributed by atoms with E-state index in [0.29, 0.717) is 16.9 Å². The van der Waals surface area contributed by atoms with Crippen molar-refractivity contribution in [2.24, 2.45) is 5.10 Å². The molecular formula is C23H17BrN2O3. The molecule has 0 saturated carbocycles. The van der Waals surface area contributed by atoms with Gasteiger partial charge in [0.15, 0.2) is 0 Å². The van der Waals surface area contributed by atoms with E-state index in [2.05, 4.69) is 26.5 Å². The summed E-state index contributed by atoms with van der Waals surface area (Å²) in [6, 6.07) is 23.2. The predicted molar refractivity (Wildman–Crippen MR) is 117 cm³/mol. The van der Waals surface area contributed by atoms with Crippen LogP contribution in [-0.2, 0) is 4.79 Å². The van der Waals surface area contributed by atoms with Gasteiger partial charge in [-0.3, -0.25) is 4.79 Å². The van der Waals surface area contributed by atoms with Crippen molar-refractivity contribution >= 4 is 40.1 Å². The van der Waals surface area contributed by atoms with Gasteiger partial charge in [0.25, 0.3) is 5.91 Å². The number of halogens is 1. The molecule has 0 aromatic heterocycles. The van der Waals surface area contributed by atoms with E-state index in [1.165, 1.54) is 12.3 Å². The molecule has 144 valence electrons. The first-order valence-corrected chi connectivity index (χ1v) is 9.54. The van der Waals surface area contributed by atoms with Gasteiger partial charge in [-0.15, -0.1) is 0 Å². The minimum Gasteiger partial charge on any atom is -0.423 e. The summed E-state index contributed by atoms with van der Waals surface area (Å²) in [4.78, 5) is 24.2. The number of benzene rings is 3. The molecule has 0 spiro atoms. The summed E-state index contributed by atoms with van der Waals surface area (Å²) in [6.07, 6.45) is 4.46. The van der Waals surface area contributed by atoms with Crippen LogP contribution in [0, 0.1) is 0 Å². The molecule has 6 heteroatoms. The second-order valence-corrected chi connectivity index (χ2v) is 6.82. The molecule has 0 aliphatic carbocycles. The first kappa shape index (κ1) is 20.2. The van der Waals surface area contributed by atoms with Gasteiger partial charge in [0, 0.05) is 21.7 Å². The van der Waals surface area contributed by atoms with Crippen LogP contribution in [0.1, 0.15) is 21.5 Å². The van der Waals surface area contributed by atoms with Crippen molar-refractivity contribution in [1.82, 2.24) is 5.43 Å². The van der Waals surface area contributed by atoms with E-state index >= 15 is 0 Å². The number of carbonyl (C=O) groups is 2. The number of nitrogens with zero attached hydrogens (tertiary/aromatic N) is 1. The minimum absolute atomic E-state index is 0.325. The fourth-order valence-corrected chi connectivity index (χ4v) is 2.64. The van der Waals surface area contributed by atoms with Gasteiger partial charge < -0.3 is 4.74 Å². The van der Waals surface area contributed by atoms with E-state index in [-0.39, 0.29) is 5.91 Å². The fraction of sp³-hybridized carbons (Fsp3) is 0. The Labute approximate surface area is 176 Å². The predicted octanol–water partition coefficient (Wildman–Crippen LogP) is 4.83. The van der Waals surface area contributed by atoms with Crippen molar-refractivity contribution in [3.63, 3.8) is 0 Å². The van der Waals surface area contributed by atoms with Crippen LogP contribution in [0.4, 0.5) is 0 Å². The number of carbonyl (C=O) groups excluding carboxylic acids is 2. The van der Waals surface area contributed by atoms with Gasteiger partial charge in [0.2, 0.25) is 0 Å². The van der Waals surface area contributed by atoms with Crippen LogP contribution in [-0.4, -0.2) is 18.1 Å². The lowest BCUT2D eigenvalue weighted by atomic mass is 10.2. The molecule has 1 N–H and O–H groups in total. The zero-order valence-corrected chi connectivity index (χ0v) is 16.9. The lowest BCUT2D eigenvalue weighted by Gasteiger charge is -2.05. The van der Waals surface area contributed by atoms with E-state index in [4.69, 9.17) is 4.74 Å². The minimum atomic E-state index is -0.512. The van der Waals surface area contributed by atoms with Crippen LogP contribution in [0.15, 0.2) is 94.5 Å². The number of hydrogen-bond acceptors (Lipinski definition) is 4. The Bertz CT molecular complexity index is 1050. The highest BCUT2D eigenvalue weighted by atomic mass is 79.9. The maximum absolute atomic E-state index is 12.1. The Morgan fingerprint density at radius 1 is 0.897 bits per heavy atom. The lowest BCUT2D eigenvalue weighted by molar-refractivity contribution is -0.128. The van der Waals surface area contributed by atoms with Gasteiger partial charge in [0.1, 0.15) is 5.75 Å². The molecule has 3 aromatic carbocycles. The molecule has 0 unspecified atom stereocenters. The highest BCUT2D eigenvalue weighted by Crippen LogP contribution is 2.17. The summed E-state index contributed by atoms with van der Waals surface area (Å²) < 4.78 is 6.36. The van der Waals surface area contributed by atoms with Crippen molar-refractivity contribution in [3.05, 3.63) is 106 Å². The van der Waals surface area contributed by atoms with Gasteiger partial charge in [-0.05, 0) is 48.0 Å². The Hall–Kier alpha value is -3.51. The standard InChI is InChI=1S/C23H17BrN2O3/c24-20-13-10-17(11-14-20)12-15-22(27)29-21-9-5-4-8-19(21)16-25-26-23(28)18-6-2-1-3-7-18/h1-16H,(H,26,28)/b15-12+,25-16-. The second-order valence-electron chi connectivity index (χ2n) is 5.91. The first-order chi connectivity index (χ1) is 14.1. The van der Waals surface area contributed by atoms with E-state index in [9.17, 15) is 9.59 Å². The van der Waals surface area contributed by atoms with Crippen LogP contribution in [0.5, 0.6) is 5.75 Å². The van der Waals surface area contributed by atoms with Gasteiger partial charge in [-0.25, -0.2) is 10.2 Å². The largest absolute Gasteiger partial charge is 0.423 e. The Morgan fingerprint density at radius 2 is 1.59 bits per heavy atom. The lowest BCUT2D eigenvalue weighted by Crippen LogP contribution is -2.17. The molecule has 0 bridgehead atoms. The molecule has 0 aliphatic rings. The SMILES string of the molecule is O=C(/C=C/c1ccc(Br)cc1)Oc1ccccc1/C=N\NC(=O)c1ccccc1. The molecule has 0 aliphatic heterocycles. The monoisotopic (exact) mass is 448 g/mol. The summed E-state index contributed by atoms with van der Waals surface area (Å²) >= 11 is 3.37. The maximum atomic E-state index is 12.1. The third kappa shape index (κ3) is 6.26. The molecular weight excluding hydrogens is 432 g/mol. The highest BCUT2D eigenvalue weighted by Gasteiger charge is 2.06. The fourth-order valence-electron chi connectivity index (χ4n) is 2.38. The molecule has 0 saturated heterocycles. The summed E-state index contributed by atoms with van der Waals surface area (Å²) in [5.74, 6) is -0.494. The number of nitrogens with one attached hydrogen (secondary N) is 1. The van der Waals surface area contributed by atoms with Crippen LogP contribution >= 0.6 is 15.9 Å². The number of esters is 1. The third-order valence-electron chi connectivity index (χ3n) is 3.82. The van der Waals surface area contributed by atoms with Gasteiger partial charge in [0.05, 0.1) is 6.21 Å². The molecule has 1 amide bonds. The zero-order chi connectivity index (χ0) is 20.5. The number of amides is 1. The normalized spacial score (nSPS) is 10.9. The van der Waals surface area contributed by atoms with E-state index in [1.807, 2.05) is 30.3 Å². The van der Waals surface area contributed by atoms with Crippen LogP contribution in [0.25, 0.3) is 6.08 Å². The third-order valence-corrected chi connectivity index (χ3v) is 4.35. The van der Waals surface area contributed by atoms with Gasteiger partial charge in [-0.1, -0.05) is 58.4 Å². The highest BCUT2D eigenvalue weighted by molar-refractivity contribution is 9.10. The Balaban J connectivity index is 1.63. The molecule has 0 atom stereocenters. The maximum Gasteiger partial charge on any atom is 0.336 e. The molecule has 0 radical (unpaired) electrons. The van der Waals surface area contributed by atoms with E-state index in [0.717, 1.165) is 10.0 Å². The van der Waals surface area contributed by atoms with Crippen LogP contribution in [0.2, 0.25) is 0 Å². The number of hydrogen-bond donors (Lipinski definition) is 1. The number of para-hydroxylation sites is 1. The number of rotatable bonds is 6. The summed E-state index contributed by atoms with van der Waals surface area (Å²) in [5, 5.41) is 3.95. The molecule has 3 rings (SSSR count). The first-order valence-electron chi connectivity index (χ1n) is 8.75. The molecule has 29 heavy (non-hydrogen) atoms. The Morgan fingerprint density at radius 3 is 2.34 bits per heavy atom. The molecule has 0 fully saturated rings. The summed E-state index contributed by atoms with van der Waals surface area (Å²) in [5.41, 5.74) is 4.39. The van der Waals surface area contributed by atoms with Crippen molar-refractivity contribution in [2.75, 3.05) is 0 Å². The molecule has 5 nitrogen and oxygen atoms in total. The Kier molecular flexibility index (Phi) is 7.08. The topological polar surface area (TPSA) is 67.8 Å². The molecule has 3 aromatic rings. The average Bonchev–Trinajstić information content (AvgIpc) is 2.75. The second kappa shape index (κ2) is 10.1. The average molecular weight is 449 g/mol. The number of hydrazone groups is 1. The zero-order valence-electron chi connectivity index (χ0n) is 15.3. The number of ether oxygens (including phenoxy) is 1. The van der Waals surface area contributed by atoms with Crippen molar-refractivity contribution in [1.29, 1.82) is 0 Å². The summed E-state index contributed by atoms with van der Waals surface area (Å²) in [7, 11) is 0.